The average molecular weight is 283 g/mol. The molecule has 116 valence electrons. The first kappa shape index (κ1) is 15.7. The topological polar surface area (TPSA) is 55.8 Å². The molecule has 2 fully saturated rings. The van der Waals surface area contributed by atoms with Gasteiger partial charge in [0.2, 0.25) is 5.91 Å². The van der Waals surface area contributed by atoms with Crippen LogP contribution in [0.3, 0.4) is 0 Å². The lowest BCUT2D eigenvalue weighted by atomic mass is 9.99. The molecule has 1 saturated heterocycles. The second kappa shape index (κ2) is 7.38. The summed E-state index contributed by atoms with van der Waals surface area (Å²) in [6.07, 6.45) is 4.38. The lowest BCUT2D eigenvalue weighted by Gasteiger charge is -2.31. The first-order valence-corrected chi connectivity index (χ1v) is 7.92. The number of nitrogens with one attached hydrogen (secondary N) is 1. The van der Waals surface area contributed by atoms with Gasteiger partial charge in [0.05, 0.1) is 12.6 Å². The molecule has 1 amide bonds. The molecule has 2 rings (SSSR count). The number of amides is 1. The summed E-state index contributed by atoms with van der Waals surface area (Å²) in [5, 5.41) is 12.8. The molecule has 0 bridgehead atoms. The van der Waals surface area contributed by atoms with E-state index in [1.54, 1.807) is 0 Å². The van der Waals surface area contributed by atoms with E-state index in [-0.39, 0.29) is 5.91 Å². The molecule has 20 heavy (non-hydrogen) atoms. The van der Waals surface area contributed by atoms with Gasteiger partial charge in [0.25, 0.3) is 0 Å². The second-order valence-electron chi connectivity index (χ2n) is 6.59. The van der Waals surface area contributed by atoms with Gasteiger partial charge in [0.15, 0.2) is 0 Å². The Bertz CT molecular complexity index is 312. The number of carbonyl (C=O) groups excluding carboxylic acids is 1. The van der Waals surface area contributed by atoms with E-state index in [9.17, 15) is 9.90 Å². The molecule has 1 atom stereocenters. The zero-order valence-corrected chi connectivity index (χ0v) is 12.8. The van der Waals surface area contributed by atoms with Crippen molar-refractivity contribution in [3.63, 3.8) is 0 Å². The summed E-state index contributed by atoms with van der Waals surface area (Å²) in [4.78, 5) is 16.1. The number of aliphatic hydroxyl groups is 1. The summed E-state index contributed by atoms with van der Waals surface area (Å²) in [5.74, 6) is 0.826. The first-order chi connectivity index (χ1) is 9.54. The Balaban J connectivity index is 1.57. The van der Waals surface area contributed by atoms with Gasteiger partial charge in [0.1, 0.15) is 0 Å². The number of aliphatic hydroxyl groups excluding tert-OH is 1. The van der Waals surface area contributed by atoms with E-state index in [1.165, 1.54) is 25.7 Å². The minimum Gasteiger partial charge on any atom is -0.390 e. The maximum atomic E-state index is 11.7. The summed E-state index contributed by atoms with van der Waals surface area (Å²) in [7, 11) is 1.99. The van der Waals surface area contributed by atoms with Crippen molar-refractivity contribution in [2.75, 3.05) is 39.8 Å². The quantitative estimate of drug-likeness (QED) is 0.705. The lowest BCUT2D eigenvalue weighted by molar-refractivity contribution is -0.122. The summed E-state index contributed by atoms with van der Waals surface area (Å²) in [6, 6.07) is 0.598. The molecule has 0 spiro atoms. The van der Waals surface area contributed by atoms with Gasteiger partial charge in [0, 0.05) is 19.1 Å². The monoisotopic (exact) mass is 283 g/mol. The van der Waals surface area contributed by atoms with Gasteiger partial charge in [-0.15, -0.1) is 0 Å². The Morgan fingerprint density at radius 2 is 2.00 bits per heavy atom. The van der Waals surface area contributed by atoms with E-state index in [0.717, 1.165) is 19.0 Å². The van der Waals surface area contributed by atoms with Crippen molar-refractivity contribution in [2.24, 2.45) is 5.92 Å². The van der Waals surface area contributed by atoms with Crippen LogP contribution in [0.25, 0.3) is 0 Å². The molecule has 1 aliphatic heterocycles. The van der Waals surface area contributed by atoms with Crippen LogP contribution in [0.1, 0.15) is 32.6 Å². The van der Waals surface area contributed by atoms with Gasteiger partial charge in [-0.3, -0.25) is 9.69 Å². The van der Waals surface area contributed by atoms with Gasteiger partial charge in [-0.2, -0.15) is 0 Å². The number of rotatable bonds is 7. The first-order valence-electron chi connectivity index (χ1n) is 7.92. The van der Waals surface area contributed by atoms with Crippen molar-refractivity contribution in [2.45, 2.75) is 44.8 Å². The fraction of sp³-hybridized carbons (Fsp3) is 0.933. The molecule has 0 aromatic rings. The van der Waals surface area contributed by atoms with Crippen LogP contribution in [0.15, 0.2) is 0 Å². The highest BCUT2D eigenvalue weighted by molar-refractivity contribution is 5.78. The highest BCUT2D eigenvalue weighted by Crippen LogP contribution is 2.24. The Morgan fingerprint density at radius 3 is 2.60 bits per heavy atom. The molecule has 0 radical (unpaired) electrons. The SMILES string of the molecule is CC1CCN(CC(O)CNC(=O)CN(C)C2CC2)CC1. The van der Waals surface area contributed by atoms with Crippen LogP contribution in [0.2, 0.25) is 0 Å². The van der Waals surface area contributed by atoms with Crippen LogP contribution in [0.5, 0.6) is 0 Å². The van der Waals surface area contributed by atoms with Crippen molar-refractivity contribution in [3.05, 3.63) is 0 Å². The van der Waals surface area contributed by atoms with Crippen LogP contribution in [0.4, 0.5) is 0 Å². The van der Waals surface area contributed by atoms with E-state index in [2.05, 4.69) is 22.0 Å². The number of hydrogen-bond acceptors (Lipinski definition) is 4. The summed E-state index contributed by atoms with van der Waals surface area (Å²) >= 11 is 0. The smallest absolute Gasteiger partial charge is 0.234 e. The van der Waals surface area contributed by atoms with Crippen molar-refractivity contribution < 1.29 is 9.90 Å². The van der Waals surface area contributed by atoms with Crippen molar-refractivity contribution in [3.8, 4) is 0 Å². The number of likely N-dealkylation sites (N-methyl/N-ethyl adjacent to an activating group) is 1. The van der Waals surface area contributed by atoms with Crippen LogP contribution >= 0.6 is 0 Å². The third-order valence-electron chi connectivity index (χ3n) is 4.44. The van der Waals surface area contributed by atoms with Gasteiger partial charge in [-0.05, 0) is 51.7 Å². The van der Waals surface area contributed by atoms with Crippen molar-refractivity contribution in [1.29, 1.82) is 0 Å². The molecule has 5 nitrogen and oxygen atoms in total. The average Bonchev–Trinajstić information content (AvgIpc) is 3.23. The highest BCUT2D eigenvalue weighted by Gasteiger charge is 2.27. The van der Waals surface area contributed by atoms with Gasteiger partial charge in [-0.1, -0.05) is 6.92 Å². The lowest BCUT2D eigenvalue weighted by Crippen LogP contribution is -2.44. The number of β-amino-alcohol motifs (C(OH)–C–C–N with tert-alkyl or cyclic N) is 1. The van der Waals surface area contributed by atoms with Gasteiger partial charge in [-0.25, -0.2) is 0 Å². The number of likely N-dealkylation sites (tertiary alicyclic amines) is 1. The molecule has 5 heteroatoms. The predicted octanol–water partition coefficient (Wildman–Crippen LogP) is 0.290. The number of nitrogens with zero attached hydrogens (tertiary/aromatic N) is 2. The molecular formula is C15H29N3O2. The standard InChI is InChI=1S/C15H29N3O2/c1-12-5-7-18(8-6-12)10-14(19)9-16-15(20)11-17(2)13-3-4-13/h12-14,19H,3-11H2,1-2H3,(H,16,20). The summed E-state index contributed by atoms with van der Waals surface area (Å²) in [5.41, 5.74) is 0. The fourth-order valence-electron chi connectivity index (χ4n) is 2.77. The molecule has 0 aromatic carbocycles. The molecule has 1 aliphatic carbocycles. The Labute approximate surface area is 122 Å². The van der Waals surface area contributed by atoms with E-state index in [0.29, 0.717) is 25.7 Å². The van der Waals surface area contributed by atoms with E-state index < -0.39 is 6.10 Å². The van der Waals surface area contributed by atoms with Crippen LogP contribution < -0.4 is 5.32 Å². The minimum absolute atomic E-state index is 0.0192. The van der Waals surface area contributed by atoms with E-state index in [1.807, 2.05) is 7.05 Å². The van der Waals surface area contributed by atoms with E-state index >= 15 is 0 Å². The molecule has 2 N–H and O–H groups in total. The summed E-state index contributed by atoms with van der Waals surface area (Å²) in [6.45, 7) is 5.89. The number of piperidine rings is 1. The maximum absolute atomic E-state index is 11.7. The third kappa shape index (κ3) is 5.38. The van der Waals surface area contributed by atoms with E-state index in [4.69, 9.17) is 0 Å². The zero-order chi connectivity index (χ0) is 14.5. The van der Waals surface area contributed by atoms with Gasteiger partial charge >= 0.3 is 0 Å². The molecule has 1 heterocycles. The maximum Gasteiger partial charge on any atom is 0.234 e. The minimum atomic E-state index is -0.460. The predicted molar refractivity (Wildman–Crippen MR) is 79.5 cm³/mol. The van der Waals surface area contributed by atoms with Crippen molar-refractivity contribution in [1.82, 2.24) is 15.1 Å². The highest BCUT2D eigenvalue weighted by atomic mass is 16.3. The van der Waals surface area contributed by atoms with Crippen LogP contribution in [0, 0.1) is 5.92 Å². The van der Waals surface area contributed by atoms with Crippen molar-refractivity contribution >= 4 is 5.91 Å². The Hall–Kier alpha value is -0.650. The van der Waals surface area contributed by atoms with Gasteiger partial charge < -0.3 is 15.3 Å². The normalized spacial score (nSPS) is 23.0. The molecule has 2 aliphatic rings. The Kier molecular flexibility index (Phi) is 5.81. The fourth-order valence-corrected chi connectivity index (χ4v) is 2.77. The molecule has 1 unspecified atom stereocenters. The largest absolute Gasteiger partial charge is 0.390 e. The summed E-state index contributed by atoms with van der Waals surface area (Å²) < 4.78 is 0. The van der Waals surface area contributed by atoms with Crippen LogP contribution in [-0.2, 0) is 4.79 Å². The molecule has 1 saturated carbocycles. The second-order valence-corrected chi connectivity index (χ2v) is 6.59. The third-order valence-corrected chi connectivity index (χ3v) is 4.44. The molecule has 0 aromatic heterocycles. The van der Waals surface area contributed by atoms with Crippen LogP contribution in [-0.4, -0.2) is 72.7 Å². The number of hydrogen-bond donors (Lipinski definition) is 2. The Morgan fingerprint density at radius 1 is 1.35 bits per heavy atom. The zero-order valence-electron chi connectivity index (χ0n) is 12.8. The number of carbonyl (C=O) groups is 1. The molecular weight excluding hydrogens is 254 g/mol.